The topological polar surface area (TPSA) is 55.1 Å². The van der Waals surface area contributed by atoms with Crippen molar-refractivity contribution in [2.45, 2.75) is 50.0 Å². The standard InChI is InChI=1S/C17H23ClN2O/c18-14-5-2-4-13(10-14)17(7-8-17)11-20-16(21)9-12-3-1-6-15(12)19/h2,4-5,10,12,15H,1,3,6-9,11,19H2,(H,20,21)/t12-,15+/m0/s1. The molecule has 4 heteroatoms. The van der Waals surface area contributed by atoms with Gasteiger partial charge in [0.2, 0.25) is 5.91 Å². The van der Waals surface area contributed by atoms with Crippen LogP contribution in [0.4, 0.5) is 0 Å². The third-order valence-electron chi connectivity index (χ3n) is 5.08. The van der Waals surface area contributed by atoms with E-state index in [-0.39, 0.29) is 17.4 Å². The molecule has 1 aromatic carbocycles. The van der Waals surface area contributed by atoms with Gasteiger partial charge in [-0.1, -0.05) is 30.2 Å². The monoisotopic (exact) mass is 306 g/mol. The van der Waals surface area contributed by atoms with Crippen molar-refractivity contribution < 1.29 is 4.79 Å². The summed E-state index contributed by atoms with van der Waals surface area (Å²) in [6.07, 6.45) is 6.13. The fraction of sp³-hybridized carbons (Fsp3) is 0.588. The Bertz CT molecular complexity index is 527. The molecule has 2 saturated carbocycles. The van der Waals surface area contributed by atoms with Crippen LogP contribution in [0.15, 0.2) is 24.3 Å². The molecule has 114 valence electrons. The number of hydrogen-bond donors (Lipinski definition) is 2. The third kappa shape index (κ3) is 3.41. The predicted molar refractivity (Wildman–Crippen MR) is 85.3 cm³/mol. The molecule has 0 heterocycles. The average Bonchev–Trinajstić information content (AvgIpc) is 3.16. The van der Waals surface area contributed by atoms with Gasteiger partial charge in [-0.2, -0.15) is 0 Å². The molecule has 0 unspecified atom stereocenters. The first kappa shape index (κ1) is 14.9. The van der Waals surface area contributed by atoms with Crippen molar-refractivity contribution in [3.63, 3.8) is 0 Å². The first-order chi connectivity index (χ1) is 10.1. The highest BCUT2D eigenvalue weighted by Crippen LogP contribution is 2.48. The number of amides is 1. The Hall–Kier alpha value is -1.06. The Balaban J connectivity index is 1.54. The summed E-state index contributed by atoms with van der Waals surface area (Å²) in [6.45, 7) is 0.716. The van der Waals surface area contributed by atoms with Gasteiger partial charge in [0.05, 0.1) is 0 Å². The zero-order valence-corrected chi connectivity index (χ0v) is 13.0. The highest BCUT2D eigenvalue weighted by molar-refractivity contribution is 6.30. The Morgan fingerprint density at radius 2 is 2.19 bits per heavy atom. The maximum Gasteiger partial charge on any atom is 0.220 e. The molecule has 2 aliphatic rings. The minimum absolute atomic E-state index is 0.109. The van der Waals surface area contributed by atoms with Gasteiger partial charge in [-0.25, -0.2) is 0 Å². The Kier molecular flexibility index (Phi) is 4.23. The molecule has 0 saturated heterocycles. The highest BCUT2D eigenvalue weighted by atomic mass is 35.5. The Labute approximate surface area is 131 Å². The zero-order valence-electron chi connectivity index (χ0n) is 12.3. The van der Waals surface area contributed by atoms with Gasteiger partial charge in [0.25, 0.3) is 0 Å². The van der Waals surface area contributed by atoms with Crippen molar-refractivity contribution in [1.29, 1.82) is 0 Å². The summed E-state index contributed by atoms with van der Waals surface area (Å²) in [5, 5.41) is 3.88. The minimum atomic E-state index is 0.109. The van der Waals surface area contributed by atoms with Crippen LogP contribution in [0.5, 0.6) is 0 Å². The first-order valence-corrected chi connectivity index (χ1v) is 8.25. The van der Waals surface area contributed by atoms with Crippen LogP contribution < -0.4 is 11.1 Å². The molecule has 3 N–H and O–H groups in total. The van der Waals surface area contributed by atoms with Crippen LogP contribution in [0, 0.1) is 5.92 Å². The SMILES string of the molecule is N[C@@H]1CCC[C@H]1CC(=O)NCC1(c2cccc(Cl)c2)CC1. The van der Waals surface area contributed by atoms with Crippen molar-refractivity contribution in [3.05, 3.63) is 34.9 Å². The van der Waals surface area contributed by atoms with E-state index < -0.39 is 0 Å². The Morgan fingerprint density at radius 1 is 1.38 bits per heavy atom. The molecule has 0 spiro atoms. The van der Waals surface area contributed by atoms with E-state index in [1.165, 1.54) is 5.56 Å². The number of halogens is 1. The molecule has 3 nitrogen and oxygen atoms in total. The molecule has 21 heavy (non-hydrogen) atoms. The van der Waals surface area contributed by atoms with Crippen LogP contribution in [-0.4, -0.2) is 18.5 Å². The molecule has 2 aliphatic carbocycles. The lowest BCUT2D eigenvalue weighted by Crippen LogP contribution is -2.35. The summed E-state index contributed by atoms with van der Waals surface area (Å²) in [4.78, 5) is 12.1. The zero-order chi connectivity index (χ0) is 14.9. The number of hydrogen-bond acceptors (Lipinski definition) is 2. The van der Waals surface area contributed by atoms with Crippen LogP contribution in [0.1, 0.15) is 44.1 Å². The van der Waals surface area contributed by atoms with E-state index in [4.69, 9.17) is 17.3 Å². The lowest BCUT2D eigenvalue weighted by atomic mass is 9.95. The molecule has 0 bridgehead atoms. The summed E-state index contributed by atoms with van der Waals surface area (Å²) in [6, 6.07) is 8.21. The second-order valence-electron chi connectivity index (χ2n) is 6.63. The quantitative estimate of drug-likeness (QED) is 0.878. The maximum atomic E-state index is 12.1. The van der Waals surface area contributed by atoms with Gasteiger partial charge in [0, 0.05) is 29.4 Å². The number of carbonyl (C=O) groups excluding carboxylic acids is 1. The van der Waals surface area contributed by atoms with Gasteiger partial charge < -0.3 is 11.1 Å². The molecular weight excluding hydrogens is 284 g/mol. The Morgan fingerprint density at radius 3 is 2.81 bits per heavy atom. The number of carbonyl (C=O) groups is 1. The van der Waals surface area contributed by atoms with Crippen LogP contribution in [0.25, 0.3) is 0 Å². The second kappa shape index (κ2) is 5.98. The predicted octanol–water partition coefficient (Wildman–Crippen LogP) is 3.01. The molecule has 0 aliphatic heterocycles. The van der Waals surface area contributed by atoms with E-state index in [0.29, 0.717) is 18.9 Å². The fourth-order valence-corrected chi connectivity index (χ4v) is 3.62. The summed E-state index contributed by atoms with van der Waals surface area (Å²) in [7, 11) is 0. The molecule has 1 aromatic rings. The van der Waals surface area contributed by atoms with Crippen molar-refractivity contribution in [3.8, 4) is 0 Å². The number of nitrogens with one attached hydrogen (secondary N) is 1. The molecule has 0 radical (unpaired) electrons. The number of rotatable bonds is 5. The van der Waals surface area contributed by atoms with Crippen LogP contribution >= 0.6 is 11.6 Å². The summed E-state index contributed by atoms with van der Waals surface area (Å²) >= 11 is 6.07. The van der Waals surface area contributed by atoms with Crippen LogP contribution in [-0.2, 0) is 10.2 Å². The van der Waals surface area contributed by atoms with Crippen molar-refractivity contribution >= 4 is 17.5 Å². The molecule has 2 fully saturated rings. The normalized spacial score (nSPS) is 26.6. The van der Waals surface area contributed by atoms with E-state index in [1.807, 2.05) is 18.2 Å². The lowest BCUT2D eigenvalue weighted by molar-refractivity contribution is -0.122. The van der Waals surface area contributed by atoms with Gasteiger partial charge in [-0.3, -0.25) is 4.79 Å². The van der Waals surface area contributed by atoms with Crippen molar-refractivity contribution in [1.82, 2.24) is 5.32 Å². The highest BCUT2D eigenvalue weighted by Gasteiger charge is 2.44. The third-order valence-corrected chi connectivity index (χ3v) is 5.32. The average molecular weight is 307 g/mol. The molecule has 1 amide bonds. The van der Waals surface area contributed by atoms with E-state index in [9.17, 15) is 4.79 Å². The smallest absolute Gasteiger partial charge is 0.220 e. The largest absolute Gasteiger partial charge is 0.355 e. The van der Waals surface area contributed by atoms with Gasteiger partial charge >= 0.3 is 0 Å². The van der Waals surface area contributed by atoms with Crippen LogP contribution in [0.2, 0.25) is 5.02 Å². The van der Waals surface area contributed by atoms with Crippen molar-refractivity contribution in [2.24, 2.45) is 11.7 Å². The molecule has 0 aromatic heterocycles. The maximum absolute atomic E-state index is 12.1. The minimum Gasteiger partial charge on any atom is -0.355 e. The molecule has 3 rings (SSSR count). The van der Waals surface area contributed by atoms with E-state index in [1.54, 1.807) is 0 Å². The summed E-state index contributed by atoms with van der Waals surface area (Å²) in [5.74, 6) is 0.511. The molecule has 2 atom stereocenters. The number of nitrogens with two attached hydrogens (primary N) is 1. The fourth-order valence-electron chi connectivity index (χ4n) is 3.43. The number of benzene rings is 1. The second-order valence-corrected chi connectivity index (χ2v) is 7.06. The van der Waals surface area contributed by atoms with Gasteiger partial charge in [0.1, 0.15) is 0 Å². The van der Waals surface area contributed by atoms with E-state index in [2.05, 4.69) is 11.4 Å². The van der Waals surface area contributed by atoms with E-state index >= 15 is 0 Å². The molecular formula is C17H23ClN2O. The van der Waals surface area contributed by atoms with Gasteiger partial charge in [-0.05, 0) is 49.3 Å². The lowest BCUT2D eigenvalue weighted by Gasteiger charge is -2.19. The van der Waals surface area contributed by atoms with Crippen LogP contribution in [0.3, 0.4) is 0 Å². The first-order valence-electron chi connectivity index (χ1n) is 7.87. The van der Waals surface area contributed by atoms with Crippen molar-refractivity contribution in [2.75, 3.05) is 6.54 Å². The van der Waals surface area contributed by atoms with Gasteiger partial charge in [0.15, 0.2) is 0 Å². The summed E-state index contributed by atoms with van der Waals surface area (Å²) in [5.41, 5.74) is 7.39. The van der Waals surface area contributed by atoms with Gasteiger partial charge in [-0.15, -0.1) is 0 Å². The summed E-state index contributed by atoms with van der Waals surface area (Å²) < 4.78 is 0. The van der Waals surface area contributed by atoms with E-state index in [0.717, 1.165) is 37.1 Å².